The van der Waals surface area contributed by atoms with E-state index in [0.29, 0.717) is 13.2 Å². The van der Waals surface area contributed by atoms with Crippen LogP contribution in [0.2, 0.25) is 5.02 Å². The Hall–Kier alpha value is -1.74. The van der Waals surface area contributed by atoms with Crippen molar-refractivity contribution in [2.45, 2.75) is 20.3 Å². The lowest BCUT2D eigenvalue weighted by Gasteiger charge is -2.12. The van der Waals surface area contributed by atoms with Gasteiger partial charge in [0.25, 0.3) is 0 Å². The minimum absolute atomic E-state index is 0.572. The second kappa shape index (κ2) is 7.15. The Balaban J connectivity index is 1.86. The average Bonchev–Trinajstić information content (AvgIpc) is 2.46. The Bertz CT molecular complexity index is 572. The summed E-state index contributed by atoms with van der Waals surface area (Å²) in [4.78, 5) is 4.48. The summed E-state index contributed by atoms with van der Waals surface area (Å²) < 4.78 is 5.78. The summed E-state index contributed by atoms with van der Waals surface area (Å²) in [5.41, 5.74) is 2.95. The largest absolute Gasteiger partial charge is 0.490 e. The van der Waals surface area contributed by atoms with Crippen molar-refractivity contribution in [2.24, 2.45) is 0 Å². The Morgan fingerprint density at radius 1 is 1.20 bits per heavy atom. The highest BCUT2D eigenvalue weighted by atomic mass is 35.5. The van der Waals surface area contributed by atoms with Gasteiger partial charge >= 0.3 is 0 Å². The lowest BCUT2D eigenvalue weighted by molar-refractivity contribution is 0.327. The number of aromatic nitrogens is 1. The van der Waals surface area contributed by atoms with Gasteiger partial charge in [0.2, 0.25) is 0 Å². The second-order valence-electron chi connectivity index (χ2n) is 4.51. The van der Waals surface area contributed by atoms with Gasteiger partial charge in [0.05, 0.1) is 16.4 Å². The van der Waals surface area contributed by atoms with Crippen LogP contribution in [0.5, 0.6) is 5.75 Å². The van der Waals surface area contributed by atoms with E-state index >= 15 is 0 Å². The summed E-state index contributed by atoms with van der Waals surface area (Å²) in [6.45, 7) is 5.34. The maximum Gasteiger partial charge on any atom is 0.140 e. The number of anilines is 1. The normalized spacial score (nSPS) is 10.3. The SMILES string of the molecule is CCc1nc(C)ccc1OCCNc1ccccc1Cl. The van der Waals surface area contributed by atoms with Gasteiger partial charge in [-0.1, -0.05) is 30.7 Å². The van der Waals surface area contributed by atoms with Crippen molar-refractivity contribution in [1.29, 1.82) is 0 Å². The number of aryl methyl sites for hydroxylation is 2. The fourth-order valence-electron chi connectivity index (χ4n) is 1.93. The minimum Gasteiger partial charge on any atom is -0.490 e. The van der Waals surface area contributed by atoms with Gasteiger partial charge in [-0.25, -0.2) is 0 Å². The van der Waals surface area contributed by atoms with Crippen molar-refractivity contribution >= 4 is 17.3 Å². The van der Waals surface area contributed by atoms with Gasteiger partial charge in [-0.15, -0.1) is 0 Å². The number of pyridine rings is 1. The third-order valence-corrected chi connectivity index (χ3v) is 3.29. The van der Waals surface area contributed by atoms with Crippen LogP contribution >= 0.6 is 11.6 Å². The number of hydrogen-bond donors (Lipinski definition) is 1. The van der Waals surface area contributed by atoms with Gasteiger partial charge in [-0.05, 0) is 37.6 Å². The molecule has 0 saturated carbocycles. The molecule has 3 nitrogen and oxygen atoms in total. The van der Waals surface area contributed by atoms with Crippen molar-refractivity contribution < 1.29 is 4.74 Å². The fraction of sp³-hybridized carbons (Fsp3) is 0.312. The number of nitrogens with one attached hydrogen (secondary N) is 1. The highest BCUT2D eigenvalue weighted by Crippen LogP contribution is 2.20. The molecule has 0 aliphatic heterocycles. The molecule has 0 saturated heterocycles. The quantitative estimate of drug-likeness (QED) is 0.814. The topological polar surface area (TPSA) is 34.1 Å². The zero-order valence-electron chi connectivity index (χ0n) is 11.8. The molecular weight excluding hydrogens is 272 g/mol. The standard InChI is InChI=1S/C16H19ClN2O/c1-3-14-16(9-8-12(2)19-14)20-11-10-18-15-7-5-4-6-13(15)17/h4-9,18H,3,10-11H2,1-2H3. The number of para-hydroxylation sites is 1. The first-order chi connectivity index (χ1) is 9.70. The highest BCUT2D eigenvalue weighted by molar-refractivity contribution is 6.33. The Morgan fingerprint density at radius 2 is 2.00 bits per heavy atom. The maximum absolute atomic E-state index is 6.07. The highest BCUT2D eigenvalue weighted by Gasteiger charge is 2.04. The van der Waals surface area contributed by atoms with Gasteiger partial charge in [0.15, 0.2) is 0 Å². The minimum atomic E-state index is 0.572. The molecule has 0 bridgehead atoms. The van der Waals surface area contributed by atoms with Crippen molar-refractivity contribution in [3.05, 3.63) is 52.8 Å². The van der Waals surface area contributed by atoms with Crippen LogP contribution in [-0.4, -0.2) is 18.1 Å². The lowest BCUT2D eigenvalue weighted by atomic mass is 10.2. The smallest absolute Gasteiger partial charge is 0.140 e. The molecule has 0 unspecified atom stereocenters. The molecule has 0 spiro atoms. The van der Waals surface area contributed by atoms with Crippen LogP contribution in [0, 0.1) is 6.92 Å². The van der Waals surface area contributed by atoms with Crippen molar-refractivity contribution in [3.63, 3.8) is 0 Å². The molecule has 0 atom stereocenters. The summed E-state index contributed by atoms with van der Waals surface area (Å²) >= 11 is 6.07. The van der Waals surface area contributed by atoms with Crippen LogP contribution in [0.4, 0.5) is 5.69 Å². The number of rotatable bonds is 6. The molecule has 106 valence electrons. The molecule has 0 aliphatic carbocycles. The summed E-state index contributed by atoms with van der Waals surface area (Å²) in [5, 5.41) is 3.98. The van der Waals surface area contributed by atoms with Crippen molar-refractivity contribution in [1.82, 2.24) is 4.98 Å². The van der Waals surface area contributed by atoms with Gasteiger partial charge in [0.1, 0.15) is 12.4 Å². The number of benzene rings is 1. The van der Waals surface area contributed by atoms with E-state index in [1.165, 1.54) is 0 Å². The zero-order valence-corrected chi connectivity index (χ0v) is 12.6. The van der Waals surface area contributed by atoms with E-state index in [2.05, 4.69) is 17.2 Å². The molecule has 2 aromatic rings. The van der Waals surface area contributed by atoms with Gasteiger partial charge in [-0.2, -0.15) is 0 Å². The molecule has 4 heteroatoms. The van der Waals surface area contributed by atoms with Gasteiger partial charge in [0, 0.05) is 12.2 Å². The third kappa shape index (κ3) is 3.87. The first-order valence-corrected chi connectivity index (χ1v) is 7.16. The summed E-state index contributed by atoms with van der Waals surface area (Å²) in [5.74, 6) is 0.860. The predicted molar refractivity (Wildman–Crippen MR) is 83.8 cm³/mol. The monoisotopic (exact) mass is 290 g/mol. The zero-order chi connectivity index (χ0) is 14.4. The Morgan fingerprint density at radius 3 is 2.75 bits per heavy atom. The van der Waals surface area contributed by atoms with Crippen LogP contribution in [0.3, 0.4) is 0 Å². The number of halogens is 1. The van der Waals surface area contributed by atoms with Crippen LogP contribution in [0.15, 0.2) is 36.4 Å². The molecule has 20 heavy (non-hydrogen) atoms. The van der Waals surface area contributed by atoms with Crippen LogP contribution in [0.25, 0.3) is 0 Å². The molecule has 2 rings (SSSR count). The van der Waals surface area contributed by atoms with Crippen molar-refractivity contribution in [3.8, 4) is 5.75 Å². The number of nitrogens with zero attached hydrogens (tertiary/aromatic N) is 1. The van der Waals surface area contributed by atoms with Gasteiger partial charge in [-0.3, -0.25) is 4.98 Å². The molecule has 1 heterocycles. The third-order valence-electron chi connectivity index (χ3n) is 2.96. The molecule has 0 aliphatic rings. The van der Waals surface area contributed by atoms with E-state index in [0.717, 1.165) is 34.3 Å². The van der Waals surface area contributed by atoms with Crippen LogP contribution in [0.1, 0.15) is 18.3 Å². The summed E-state index contributed by atoms with van der Waals surface area (Å²) in [6, 6.07) is 11.6. The van der Waals surface area contributed by atoms with Crippen molar-refractivity contribution in [2.75, 3.05) is 18.5 Å². The lowest BCUT2D eigenvalue weighted by Crippen LogP contribution is -2.12. The second-order valence-corrected chi connectivity index (χ2v) is 4.91. The van der Waals surface area contributed by atoms with E-state index in [9.17, 15) is 0 Å². The molecule has 0 radical (unpaired) electrons. The fourth-order valence-corrected chi connectivity index (χ4v) is 2.14. The average molecular weight is 291 g/mol. The maximum atomic E-state index is 6.07. The molecule has 0 amide bonds. The molecular formula is C16H19ClN2O. The Labute approximate surface area is 124 Å². The van der Waals surface area contributed by atoms with Gasteiger partial charge < -0.3 is 10.1 Å². The molecule has 1 aromatic carbocycles. The first-order valence-electron chi connectivity index (χ1n) is 6.78. The molecule has 1 N–H and O–H groups in total. The van der Waals surface area contributed by atoms with Crippen LogP contribution < -0.4 is 10.1 Å². The van der Waals surface area contributed by atoms with E-state index in [1.54, 1.807) is 0 Å². The Kier molecular flexibility index (Phi) is 5.24. The first kappa shape index (κ1) is 14.7. The summed E-state index contributed by atoms with van der Waals surface area (Å²) in [6.07, 6.45) is 0.870. The van der Waals surface area contributed by atoms with E-state index in [4.69, 9.17) is 16.3 Å². The molecule has 1 aromatic heterocycles. The number of hydrogen-bond acceptors (Lipinski definition) is 3. The van der Waals surface area contributed by atoms with E-state index in [1.807, 2.05) is 43.3 Å². The number of ether oxygens (including phenoxy) is 1. The summed E-state index contributed by atoms with van der Waals surface area (Å²) in [7, 11) is 0. The molecule has 0 fully saturated rings. The van der Waals surface area contributed by atoms with Crippen LogP contribution in [-0.2, 0) is 6.42 Å². The van der Waals surface area contributed by atoms with E-state index < -0.39 is 0 Å². The van der Waals surface area contributed by atoms with E-state index in [-0.39, 0.29) is 0 Å². The predicted octanol–water partition coefficient (Wildman–Crippen LogP) is 4.10.